The van der Waals surface area contributed by atoms with Gasteiger partial charge >= 0.3 is 5.97 Å². The van der Waals surface area contributed by atoms with Gasteiger partial charge in [0.15, 0.2) is 5.78 Å². The Morgan fingerprint density at radius 2 is 2.20 bits per heavy atom. The van der Waals surface area contributed by atoms with Gasteiger partial charge in [0.2, 0.25) is 0 Å². The maximum atomic E-state index is 11.8. The molecule has 4 nitrogen and oxygen atoms in total. The monoisotopic (exact) mass is 206 g/mol. The molecule has 1 aromatic rings. The molecule has 0 saturated heterocycles. The molecule has 1 N–H and O–H groups in total. The summed E-state index contributed by atoms with van der Waals surface area (Å²) in [6.45, 7) is 0.155. The van der Waals surface area contributed by atoms with Crippen molar-refractivity contribution in [2.75, 3.05) is 6.61 Å². The molecule has 0 bridgehead atoms. The molecule has 1 aliphatic heterocycles. The summed E-state index contributed by atoms with van der Waals surface area (Å²) in [6, 6.07) is 6.89. The first-order chi connectivity index (χ1) is 7.18. The molecule has 0 aliphatic carbocycles. The number of ketones is 1. The Kier molecular flexibility index (Phi) is 2.41. The molecule has 1 heterocycles. The van der Waals surface area contributed by atoms with Crippen LogP contribution in [-0.4, -0.2) is 23.5 Å². The lowest BCUT2D eigenvalue weighted by Gasteiger charge is -2.22. The van der Waals surface area contributed by atoms with Crippen LogP contribution in [0.25, 0.3) is 0 Å². The minimum absolute atomic E-state index is 0.140. The maximum absolute atomic E-state index is 11.8. The second-order valence-electron chi connectivity index (χ2n) is 3.47. The fourth-order valence-electron chi connectivity index (χ4n) is 1.64. The standard InChI is InChI=1S/C11H10O4/c12-10(13)5-7-6-15-9-4-2-1-3-8(9)11(7)14/h1-4,7H,5-6H2,(H,12,13). The van der Waals surface area contributed by atoms with Crippen LogP contribution in [0, 0.1) is 5.92 Å². The van der Waals surface area contributed by atoms with E-state index < -0.39 is 11.9 Å². The largest absolute Gasteiger partial charge is 0.492 e. The molecule has 0 spiro atoms. The van der Waals surface area contributed by atoms with E-state index in [0.29, 0.717) is 11.3 Å². The second kappa shape index (κ2) is 3.73. The molecular weight excluding hydrogens is 196 g/mol. The van der Waals surface area contributed by atoms with Crippen molar-refractivity contribution < 1.29 is 19.4 Å². The summed E-state index contributed by atoms with van der Waals surface area (Å²) >= 11 is 0. The number of carbonyl (C=O) groups is 2. The summed E-state index contributed by atoms with van der Waals surface area (Å²) in [7, 11) is 0. The van der Waals surface area contributed by atoms with Crippen LogP contribution in [0.4, 0.5) is 0 Å². The van der Waals surface area contributed by atoms with Crippen molar-refractivity contribution in [3.63, 3.8) is 0 Å². The van der Waals surface area contributed by atoms with E-state index in [1.54, 1.807) is 24.3 Å². The van der Waals surface area contributed by atoms with Crippen molar-refractivity contribution in [3.8, 4) is 5.75 Å². The van der Waals surface area contributed by atoms with E-state index in [9.17, 15) is 9.59 Å². The number of benzene rings is 1. The number of para-hydroxylation sites is 1. The van der Waals surface area contributed by atoms with E-state index in [4.69, 9.17) is 9.84 Å². The van der Waals surface area contributed by atoms with Gasteiger partial charge < -0.3 is 9.84 Å². The minimum atomic E-state index is -0.976. The van der Waals surface area contributed by atoms with Gasteiger partial charge in [0, 0.05) is 0 Å². The number of hydrogen-bond acceptors (Lipinski definition) is 3. The molecule has 78 valence electrons. The van der Waals surface area contributed by atoms with Crippen LogP contribution >= 0.6 is 0 Å². The Morgan fingerprint density at radius 3 is 2.93 bits per heavy atom. The van der Waals surface area contributed by atoms with Crippen molar-refractivity contribution in [1.29, 1.82) is 0 Å². The molecule has 1 unspecified atom stereocenters. The van der Waals surface area contributed by atoms with Crippen LogP contribution < -0.4 is 4.74 Å². The highest BCUT2D eigenvalue weighted by atomic mass is 16.5. The second-order valence-corrected chi connectivity index (χ2v) is 3.47. The zero-order valence-corrected chi connectivity index (χ0v) is 7.97. The third-order valence-corrected chi connectivity index (χ3v) is 2.38. The summed E-state index contributed by atoms with van der Waals surface area (Å²) in [5.41, 5.74) is 0.481. The number of carboxylic acids is 1. The number of rotatable bonds is 2. The molecule has 1 aliphatic rings. The fraction of sp³-hybridized carbons (Fsp3) is 0.273. The highest BCUT2D eigenvalue weighted by Crippen LogP contribution is 2.28. The lowest BCUT2D eigenvalue weighted by molar-refractivity contribution is -0.138. The van der Waals surface area contributed by atoms with E-state index in [1.807, 2.05) is 0 Å². The molecule has 1 aromatic carbocycles. The summed E-state index contributed by atoms with van der Waals surface area (Å²) in [5, 5.41) is 8.62. The normalized spacial score (nSPS) is 19.2. The van der Waals surface area contributed by atoms with Crippen LogP contribution in [0.1, 0.15) is 16.8 Å². The first-order valence-corrected chi connectivity index (χ1v) is 4.66. The number of carboxylic acid groups (broad SMARTS) is 1. The van der Waals surface area contributed by atoms with E-state index in [1.165, 1.54) is 0 Å². The van der Waals surface area contributed by atoms with E-state index in [-0.39, 0.29) is 18.8 Å². The lowest BCUT2D eigenvalue weighted by atomic mass is 9.92. The molecule has 0 saturated carbocycles. The SMILES string of the molecule is O=C(O)CC1COc2ccccc2C1=O. The van der Waals surface area contributed by atoms with Crippen LogP contribution in [0.15, 0.2) is 24.3 Å². The van der Waals surface area contributed by atoms with E-state index in [0.717, 1.165) is 0 Å². The van der Waals surface area contributed by atoms with Crippen molar-refractivity contribution >= 4 is 11.8 Å². The fourth-order valence-corrected chi connectivity index (χ4v) is 1.64. The van der Waals surface area contributed by atoms with Crippen LogP contribution in [0.5, 0.6) is 5.75 Å². The zero-order valence-electron chi connectivity index (χ0n) is 7.97. The first kappa shape index (κ1) is 9.71. The number of carbonyl (C=O) groups excluding carboxylic acids is 1. The van der Waals surface area contributed by atoms with E-state index >= 15 is 0 Å². The summed E-state index contributed by atoms with van der Waals surface area (Å²) < 4.78 is 5.32. The molecule has 0 radical (unpaired) electrons. The smallest absolute Gasteiger partial charge is 0.304 e. The molecule has 15 heavy (non-hydrogen) atoms. The summed E-state index contributed by atoms with van der Waals surface area (Å²) in [5.74, 6) is -1.13. The number of fused-ring (bicyclic) bond motifs is 1. The van der Waals surface area contributed by atoms with Crippen molar-refractivity contribution in [2.24, 2.45) is 5.92 Å². The maximum Gasteiger partial charge on any atom is 0.304 e. The Morgan fingerprint density at radius 1 is 1.47 bits per heavy atom. The van der Waals surface area contributed by atoms with Gasteiger partial charge in [0.1, 0.15) is 5.75 Å². The molecule has 0 fully saturated rings. The number of hydrogen-bond donors (Lipinski definition) is 1. The van der Waals surface area contributed by atoms with Gasteiger partial charge in [-0.25, -0.2) is 0 Å². The number of aliphatic carboxylic acids is 1. The van der Waals surface area contributed by atoms with E-state index in [2.05, 4.69) is 0 Å². The summed E-state index contributed by atoms with van der Waals surface area (Å²) in [4.78, 5) is 22.3. The predicted octanol–water partition coefficient (Wildman–Crippen LogP) is 1.35. The third kappa shape index (κ3) is 1.83. The molecule has 4 heteroatoms. The van der Waals surface area contributed by atoms with Gasteiger partial charge in [-0.15, -0.1) is 0 Å². The van der Waals surface area contributed by atoms with Crippen molar-refractivity contribution in [1.82, 2.24) is 0 Å². The van der Waals surface area contributed by atoms with Gasteiger partial charge in [0.05, 0.1) is 24.5 Å². The zero-order chi connectivity index (χ0) is 10.8. The Labute approximate surface area is 86.5 Å². The Hall–Kier alpha value is -1.84. The number of Topliss-reactive ketones (excluding diaryl/α,β-unsaturated/α-hetero) is 1. The van der Waals surface area contributed by atoms with Crippen molar-refractivity contribution in [3.05, 3.63) is 29.8 Å². The van der Waals surface area contributed by atoms with Crippen LogP contribution in [0.2, 0.25) is 0 Å². The molecule has 0 aromatic heterocycles. The first-order valence-electron chi connectivity index (χ1n) is 4.66. The molecule has 0 amide bonds. The topological polar surface area (TPSA) is 63.6 Å². The lowest BCUT2D eigenvalue weighted by Crippen LogP contribution is -2.29. The van der Waals surface area contributed by atoms with Gasteiger partial charge in [-0.05, 0) is 12.1 Å². The van der Waals surface area contributed by atoms with Gasteiger partial charge in [0.25, 0.3) is 0 Å². The minimum Gasteiger partial charge on any atom is -0.492 e. The quantitative estimate of drug-likeness (QED) is 0.793. The number of ether oxygens (including phenoxy) is 1. The van der Waals surface area contributed by atoms with Crippen LogP contribution in [0.3, 0.4) is 0 Å². The average molecular weight is 206 g/mol. The molecule has 2 rings (SSSR count). The highest BCUT2D eigenvalue weighted by molar-refractivity contribution is 6.02. The van der Waals surface area contributed by atoms with Gasteiger partial charge in [-0.1, -0.05) is 12.1 Å². The average Bonchev–Trinajstić information content (AvgIpc) is 2.22. The van der Waals surface area contributed by atoms with Gasteiger partial charge in [-0.2, -0.15) is 0 Å². The van der Waals surface area contributed by atoms with Crippen LogP contribution in [-0.2, 0) is 4.79 Å². The highest BCUT2D eigenvalue weighted by Gasteiger charge is 2.29. The Bertz CT molecular complexity index is 411. The Balaban J connectivity index is 2.26. The summed E-state index contributed by atoms with van der Waals surface area (Å²) in [6.07, 6.45) is -0.173. The molecular formula is C11H10O4. The van der Waals surface area contributed by atoms with Gasteiger partial charge in [-0.3, -0.25) is 9.59 Å². The molecule has 1 atom stereocenters. The van der Waals surface area contributed by atoms with Crippen molar-refractivity contribution in [2.45, 2.75) is 6.42 Å². The predicted molar refractivity (Wildman–Crippen MR) is 52.0 cm³/mol. The third-order valence-electron chi connectivity index (χ3n) is 2.38.